The highest BCUT2D eigenvalue weighted by Crippen LogP contribution is 2.55. The number of benzene rings is 1. The Balaban J connectivity index is 1.71. The molecule has 160 valence electrons. The maximum atomic E-state index is 13.5. The molecule has 9 nitrogen and oxygen atoms in total. The van der Waals surface area contributed by atoms with Gasteiger partial charge in [0.05, 0.1) is 12.4 Å². The van der Waals surface area contributed by atoms with E-state index in [4.69, 9.17) is 4.74 Å². The average Bonchev–Trinajstić information content (AvgIpc) is 3.07. The van der Waals surface area contributed by atoms with Crippen molar-refractivity contribution in [1.82, 2.24) is 14.8 Å². The molecule has 1 unspecified atom stereocenters. The van der Waals surface area contributed by atoms with E-state index in [9.17, 15) is 19.3 Å². The predicted molar refractivity (Wildman–Crippen MR) is 110 cm³/mol. The molecule has 0 spiro atoms. The van der Waals surface area contributed by atoms with Gasteiger partial charge >= 0.3 is 5.97 Å². The molecule has 3 aliphatic heterocycles. The van der Waals surface area contributed by atoms with Crippen LogP contribution in [0.1, 0.15) is 39.3 Å². The third kappa shape index (κ3) is 2.59. The van der Waals surface area contributed by atoms with Crippen molar-refractivity contribution < 1.29 is 19.1 Å². The number of nitrogens with zero attached hydrogens (tertiary/aromatic N) is 4. The van der Waals surface area contributed by atoms with Gasteiger partial charge < -0.3 is 14.5 Å². The second kappa shape index (κ2) is 6.69. The molecular formula is C20H24N4O5S. The van der Waals surface area contributed by atoms with E-state index in [2.05, 4.69) is 5.29 Å². The summed E-state index contributed by atoms with van der Waals surface area (Å²) in [6, 6.07) is 6.49. The number of ether oxygens (including phenoxy) is 1. The van der Waals surface area contributed by atoms with E-state index in [0.717, 1.165) is 0 Å². The molecule has 0 bridgehead atoms. The number of hydrogen-bond donors (Lipinski definition) is 0. The molecule has 0 saturated carbocycles. The van der Waals surface area contributed by atoms with Crippen LogP contribution in [0.5, 0.6) is 0 Å². The van der Waals surface area contributed by atoms with Crippen molar-refractivity contribution >= 4 is 29.5 Å². The summed E-state index contributed by atoms with van der Waals surface area (Å²) in [5, 5.41) is 3.96. The molecular weight excluding hydrogens is 408 g/mol. The highest BCUT2D eigenvalue weighted by Gasteiger charge is 2.70. The first-order chi connectivity index (χ1) is 14.1. The van der Waals surface area contributed by atoms with Gasteiger partial charge in [-0.15, -0.1) is 16.7 Å². The quantitative estimate of drug-likeness (QED) is 0.407. The first-order valence-corrected chi connectivity index (χ1v) is 10.5. The molecule has 2 amide bonds. The third-order valence-electron chi connectivity index (χ3n) is 6.18. The summed E-state index contributed by atoms with van der Waals surface area (Å²) in [6.45, 7) is 7.16. The van der Waals surface area contributed by atoms with Crippen LogP contribution in [0.3, 0.4) is 0 Å². The van der Waals surface area contributed by atoms with E-state index in [1.807, 2.05) is 19.9 Å². The van der Waals surface area contributed by atoms with Crippen molar-refractivity contribution in [3.63, 3.8) is 0 Å². The first kappa shape index (κ1) is 20.6. The van der Waals surface area contributed by atoms with E-state index in [0.29, 0.717) is 5.56 Å². The summed E-state index contributed by atoms with van der Waals surface area (Å²) in [4.78, 5) is 53.8. The number of hydrogen-bond acceptors (Lipinski definition) is 7. The minimum absolute atomic E-state index is 0.325. The number of esters is 1. The minimum atomic E-state index is -1.11. The lowest BCUT2D eigenvalue weighted by atomic mass is 9.94. The summed E-state index contributed by atoms with van der Waals surface area (Å²) >= 11 is 1.46. The average molecular weight is 433 g/mol. The molecule has 3 fully saturated rings. The molecule has 1 aromatic rings. The van der Waals surface area contributed by atoms with Crippen LogP contribution in [-0.2, 0) is 19.1 Å². The molecule has 3 saturated heterocycles. The van der Waals surface area contributed by atoms with Gasteiger partial charge in [-0.25, -0.2) is 9.80 Å². The fourth-order valence-corrected chi connectivity index (χ4v) is 6.47. The molecule has 30 heavy (non-hydrogen) atoms. The largest absolute Gasteiger partial charge is 0.467 e. The lowest BCUT2D eigenvalue weighted by Crippen LogP contribution is -2.73. The topological polar surface area (TPSA) is 99.6 Å². The molecule has 10 heteroatoms. The fourth-order valence-electron chi connectivity index (χ4n) is 4.80. The SMILES string of the molecule is COC(=O)C1N2C(=O)[C@@H](N3C(=O)[C@@H](c4ccccc4)N(N=O)C3(C)C)[C@H]2SC1(C)C. The number of carbonyl (C=O) groups is 3. The van der Waals surface area contributed by atoms with E-state index in [1.165, 1.54) is 33.7 Å². The van der Waals surface area contributed by atoms with Gasteiger partial charge in [0.15, 0.2) is 6.04 Å². The van der Waals surface area contributed by atoms with Crippen molar-refractivity contribution in [2.75, 3.05) is 7.11 Å². The second-order valence-corrected chi connectivity index (χ2v) is 10.4. The normalized spacial score (nSPS) is 31.4. The Morgan fingerprint density at radius 1 is 1.10 bits per heavy atom. The highest BCUT2D eigenvalue weighted by atomic mass is 32.2. The fraction of sp³-hybridized carbons (Fsp3) is 0.550. The van der Waals surface area contributed by atoms with Gasteiger partial charge in [0.25, 0.3) is 5.91 Å². The molecule has 3 aliphatic rings. The number of carbonyl (C=O) groups excluding carboxylic acids is 3. The summed E-state index contributed by atoms with van der Waals surface area (Å²) in [5.41, 5.74) is -0.479. The van der Waals surface area contributed by atoms with Crippen LogP contribution in [0, 0.1) is 4.91 Å². The predicted octanol–water partition coefficient (Wildman–Crippen LogP) is 1.89. The molecule has 4 rings (SSSR count). The Labute approximate surface area is 178 Å². The summed E-state index contributed by atoms with van der Waals surface area (Å²) < 4.78 is 4.34. The maximum Gasteiger partial charge on any atom is 0.330 e. The molecule has 0 radical (unpaired) electrons. The summed E-state index contributed by atoms with van der Waals surface area (Å²) in [7, 11) is 1.29. The van der Waals surface area contributed by atoms with E-state index >= 15 is 0 Å². The van der Waals surface area contributed by atoms with Gasteiger partial charge in [-0.2, -0.15) is 0 Å². The zero-order valence-corrected chi connectivity index (χ0v) is 18.3. The van der Waals surface area contributed by atoms with Crippen LogP contribution >= 0.6 is 11.8 Å². The minimum Gasteiger partial charge on any atom is -0.467 e. The van der Waals surface area contributed by atoms with Crippen molar-refractivity contribution in [3.05, 3.63) is 40.8 Å². The standard InChI is InChI=1S/C20H24N4O5S/c1-19(2)14(18(27)29-5)22-15(25)13(17(22)30-19)23-16(26)12(11-9-7-6-8-10-11)24(21-28)20(23,3)4/h6-10,12-14,17H,1-5H3/t12-,13-,14?,17-/m1/s1. The van der Waals surface area contributed by atoms with E-state index in [-0.39, 0.29) is 11.8 Å². The Morgan fingerprint density at radius 3 is 2.30 bits per heavy atom. The highest BCUT2D eigenvalue weighted by molar-refractivity contribution is 8.01. The zero-order valence-electron chi connectivity index (χ0n) is 17.4. The van der Waals surface area contributed by atoms with Gasteiger partial charge in [-0.1, -0.05) is 30.3 Å². The molecule has 3 heterocycles. The van der Waals surface area contributed by atoms with Gasteiger partial charge in [0.1, 0.15) is 23.1 Å². The molecule has 0 N–H and O–H groups in total. The third-order valence-corrected chi connectivity index (χ3v) is 7.74. The molecule has 1 aromatic carbocycles. The van der Waals surface area contributed by atoms with Crippen LogP contribution in [0.15, 0.2) is 35.6 Å². The monoisotopic (exact) mass is 432 g/mol. The van der Waals surface area contributed by atoms with Crippen LogP contribution in [0.25, 0.3) is 0 Å². The van der Waals surface area contributed by atoms with Crippen LogP contribution in [0.4, 0.5) is 0 Å². The Morgan fingerprint density at radius 2 is 1.73 bits per heavy atom. The second-order valence-electron chi connectivity index (χ2n) is 8.67. The van der Waals surface area contributed by atoms with Crippen molar-refractivity contribution in [2.24, 2.45) is 5.29 Å². The number of thioether (sulfide) groups is 1. The molecule has 0 aromatic heterocycles. The van der Waals surface area contributed by atoms with E-state index < -0.39 is 39.9 Å². The number of methoxy groups -OCH3 is 1. The smallest absolute Gasteiger partial charge is 0.330 e. The van der Waals surface area contributed by atoms with Gasteiger partial charge in [-0.05, 0) is 33.3 Å². The number of amides is 2. The number of nitroso groups, excluding NO2 is 1. The number of rotatable bonds is 4. The van der Waals surface area contributed by atoms with Crippen molar-refractivity contribution in [2.45, 2.75) is 61.6 Å². The Hall–Kier alpha value is -2.62. The van der Waals surface area contributed by atoms with Crippen LogP contribution in [-0.4, -0.2) is 67.6 Å². The zero-order chi connectivity index (χ0) is 22.0. The van der Waals surface area contributed by atoms with Crippen molar-refractivity contribution in [3.8, 4) is 0 Å². The summed E-state index contributed by atoms with van der Waals surface area (Å²) in [5.74, 6) is -1.16. The number of fused-ring (bicyclic) bond motifs is 1. The maximum absolute atomic E-state index is 13.5. The molecule has 4 atom stereocenters. The van der Waals surface area contributed by atoms with Gasteiger partial charge in [-0.3, -0.25) is 9.59 Å². The van der Waals surface area contributed by atoms with Gasteiger partial charge in [0, 0.05) is 4.75 Å². The lowest BCUT2D eigenvalue weighted by molar-refractivity contribution is -0.173. The van der Waals surface area contributed by atoms with Gasteiger partial charge in [0.2, 0.25) is 5.91 Å². The molecule has 0 aliphatic carbocycles. The Bertz CT molecular complexity index is 921. The van der Waals surface area contributed by atoms with Crippen molar-refractivity contribution in [1.29, 1.82) is 0 Å². The van der Waals surface area contributed by atoms with Crippen LogP contribution < -0.4 is 0 Å². The van der Waals surface area contributed by atoms with Crippen LogP contribution in [0.2, 0.25) is 0 Å². The first-order valence-electron chi connectivity index (χ1n) is 9.66. The number of β-lactam (4-membered cyclic amide) rings is 1. The Kier molecular flexibility index (Phi) is 4.61. The summed E-state index contributed by atoms with van der Waals surface area (Å²) in [6.07, 6.45) is 0. The van der Waals surface area contributed by atoms with E-state index in [1.54, 1.807) is 38.1 Å². The lowest BCUT2D eigenvalue weighted by Gasteiger charge is -2.50.